The molecule has 3 unspecified atom stereocenters. The zero-order valence-corrected chi connectivity index (χ0v) is 17.3. The van der Waals surface area contributed by atoms with E-state index in [2.05, 4.69) is 28.0 Å². The van der Waals surface area contributed by atoms with E-state index in [1.54, 1.807) is 7.11 Å². The van der Waals surface area contributed by atoms with Crippen LogP contribution in [0.3, 0.4) is 0 Å². The van der Waals surface area contributed by atoms with Gasteiger partial charge in [-0.1, -0.05) is 18.2 Å². The number of likely N-dealkylation sites (tertiary alicyclic amines) is 1. The molecule has 0 spiro atoms. The lowest BCUT2D eigenvalue weighted by Crippen LogP contribution is -2.44. The Labute approximate surface area is 169 Å². The molecule has 3 saturated heterocycles. The van der Waals surface area contributed by atoms with Crippen molar-refractivity contribution in [2.24, 2.45) is 0 Å². The van der Waals surface area contributed by atoms with Crippen LogP contribution in [-0.4, -0.2) is 60.8 Å². The number of fused-ring (bicyclic) bond motifs is 2. The smallest absolute Gasteiger partial charge is 0.410 e. The van der Waals surface area contributed by atoms with E-state index in [4.69, 9.17) is 9.47 Å². The fourth-order valence-electron chi connectivity index (χ4n) is 5.70. The van der Waals surface area contributed by atoms with Crippen LogP contribution < -0.4 is 4.74 Å². The second-order valence-corrected chi connectivity index (χ2v) is 8.51. The molecule has 0 aliphatic carbocycles. The average molecular weight is 387 g/mol. The third-order valence-electron chi connectivity index (χ3n) is 7.10. The highest BCUT2D eigenvalue weighted by atomic mass is 16.6. The minimum Gasteiger partial charge on any atom is -0.496 e. The highest BCUT2D eigenvalue weighted by Gasteiger charge is 2.42. The van der Waals surface area contributed by atoms with Crippen LogP contribution in [0.2, 0.25) is 0 Å². The molecule has 1 aromatic rings. The van der Waals surface area contributed by atoms with Crippen molar-refractivity contribution in [3.63, 3.8) is 0 Å². The fourth-order valence-corrected chi connectivity index (χ4v) is 5.70. The molecule has 3 heterocycles. The number of ether oxygens (including phenoxy) is 2. The van der Waals surface area contributed by atoms with E-state index < -0.39 is 0 Å². The molecular formula is C23H34N2O3. The van der Waals surface area contributed by atoms with Gasteiger partial charge in [-0.15, -0.1) is 0 Å². The number of hydrogen-bond donors (Lipinski definition) is 0. The highest BCUT2D eigenvalue weighted by Crippen LogP contribution is 2.39. The molecular weight excluding hydrogens is 352 g/mol. The minimum absolute atomic E-state index is 0.0921. The Bertz CT molecular complexity index is 672. The first kappa shape index (κ1) is 19.6. The van der Waals surface area contributed by atoms with Crippen molar-refractivity contribution in [2.45, 2.75) is 75.9 Å². The van der Waals surface area contributed by atoms with Crippen LogP contribution in [0.25, 0.3) is 0 Å². The first-order valence-electron chi connectivity index (χ1n) is 11.0. The predicted octanol–water partition coefficient (Wildman–Crippen LogP) is 4.42. The van der Waals surface area contributed by atoms with Crippen LogP contribution >= 0.6 is 0 Å². The topological polar surface area (TPSA) is 42.0 Å². The first-order chi connectivity index (χ1) is 13.7. The van der Waals surface area contributed by atoms with Crippen molar-refractivity contribution >= 4 is 6.09 Å². The largest absolute Gasteiger partial charge is 0.496 e. The molecule has 5 heteroatoms. The van der Waals surface area contributed by atoms with Gasteiger partial charge in [0.25, 0.3) is 0 Å². The van der Waals surface area contributed by atoms with Crippen LogP contribution in [0, 0.1) is 0 Å². The number of methoxy groups -OCH3 is 1. The summed E-state index contributed by atoms with van der Waals surface area (Å²) in [6.45, 7) is 4.65. The number of hydrogen-bond acceptors (Lipinski definition) is 4. The van der Waals surface area contributed by atoms with Crippen LogP contribution in [-0.2, 0) is 4.74 Å². The second kappa shape index (κ2) is 8.73. The number of carbonyl (C=O) groups is 1. The minimum atomic E-state index is -0.0921. The van der Waals surface area contributed by atoms with E-state index in [-0.39, 0.29) is 6.09 Å². The Hall–Kier alpha value is -1.75. The molecule has 0 radical (unpaired) electrons. The van der Waals surface area contributed by atoms with E-state index in [0.29, 0.717) is 30.7 Å². The number of para-hydroxylation sites is 1. The van der Waals surface area contributed by atoms with Gasteiger partial charge < -0.3 is 19.3 Å². The maximum Gasteiger partial charge on any atom is 0.410 e. The summed E-state index contributed by atoms with van der Waals surface area (Å²) in [5, 5.41) is 0. The molecule has 3 aliphatic heterocycles. The van der Waals surface area contributed by atoms with E-state index in [1.807, 2.05) is 13.0 Å². The van der Waals surface area contributed by atoms with Gasteiger partial charge in [-0.3, -0.25) is 0 Å². The lowest BCUT2D eigenvalue weighted by atomic mass is 9.87. The Morgan fingerprint density at radius 2 is 1.68 bits per heavy atom. The van der Waals surface area contributed by atoms with E-state index >= 15 is 0 Å². The molecule has 4 rings (SSSR count). The summed E-state index contributed by atoms with van der Waals surface area (Å²) in [6.07, 6.45) is 7.99. The quantitative estimate of drug-likeness (QED) is 0.768. The Morgan fingerprint density at radius 1 is 1.00 bits per heavy atom. The third-order valence-corrected chi connectivity index (χ3v) is 7.10. The molecule has 5 nitrogen and oxygen atoms in total. The van der Waals surface area contributed by atoms with E-state index in [1.165, 1.54) is 24.8 Å². The van der Waals surface area contributed by atoms with Gasteiger partial charge in [-0.05, 0) is 82.5 Å². The Balaban J connectivity index is 1.37. The van der Waals surface area contributed by atoms with Gasteiger partial charge in [-0.25, -0.2) is 4.79 Å². The second-order valence-electron chi connectivity index (χ2n) is 8.51. The molecule has 0 aromatic heterocycles. The van der Waals surface area contributed by atoms with Crippen molar-refractivity contribution in [3.8, 4) is 5.75 Å². The lowest BCUT2D eigenvalue weighted by molar-refractivity contribution is 0.0845. The summed E-state index contributed by atoms with van der Waals surface area (Å²) in [5.41, 5.74) is 1.36. The number of benzene rings is 1. The van der Waals surface area contributed by atoms with E-state index in [0.717, 1.165) is 44.5 Å². The molecule has 154 valence electrons. The summed E-state index contributed by atoms with van der Waals surface area (Å²) < 4.78 is 10.9. The van der Waals surface area contributed by atoms with Gasteiger partial charge in [0.15, 0.2) is 0 Å². The molecule has 1 aromatic carbocycles. The molecule has 0 N–H and O–H groups in total. The highest BCUT2D eigenvalue weighted by molar-refractivity contribution is 5.69. The standard InChI is InChI=1S/C23H34N2O3/c1-3-28-23(26)25-18-8-10-19(16-20(25)11-9-18)24-14-12-17(13-15-24)21-6-4-5-7-22(21)27-2/h4-7,17-20H,3,8-16H2,1-2H3. The maximum absolute atomic E-state index is 12.4. The number of rotatable bonds is 4. The molecule has 3 atom stereocenters. The number of carbonyl (C=O) groups excluding carboxylic acids is 1. The van der Waals surface area contributed by atoms with Gasteiger partial charge in [-0.2, -0.15) is 0 Å². The normalized spacial score (nSPS) is 28.8. The van der Waals surface area contributed by atoms with Crippen molar-refractivity contribution in [1.82, 2.24) is 9.80 Å². The van der Waals surface area contributed by atoms with Gasteiger partial charge in [0.05, 0.1) is 13.7 Å². The first-order valence-corrected chi connectivity index (χ1v) is 11.0. The van der Waals surface area contributed by atoms with Crippen molar-refractivity contribution in [2.75, 3.05) is 26.8 Å². The van der Waals surface area contributed by atoms with Gasteiger partial charge in [0.2, 0.25) is 0 Å². The summed E-state index contributed by atoms with van der Waals surface area (Å²) in [4.78, 5) is 17.2. The average Bonchev–Trinajstić information content (AvgIpc) is 3.02. The predicted molar refractivity (Wildman–Crippen MR) is 110 cm³/mol. The monoisotopic (exact) mass is 386 g/mol. The Morgan fingerprint density at radius 3 is 2.39 bits per heavy atom. The van der Waals surface area contributed by atoms with Crippen LogP contribution in [0.5, 0.6) is 5.75 Å². The molecule has 3 fully saturated rings. The molecule has 3 aliphatic rings. The summed E-state index contributed by atoms with van der Waals surface area (Å²) in [7, 11) is 1.77. The van der Waals surface area contributed by atoms with Gasteiger partial charge >= 0.3 is 6.09 Å². The number of piperidine rings is 1. The molecule has 0 saturated carbocycles. The summed E-state index contributed by atoms with van der Waals surface area (Å²) >= 11 is 0. The SMILES string of the molecule is CCOC(=O)N1C2CCC(N3CCC(c4ccccc4OC)CC3)CC1CC2. The van der Waals surface area contributed by atoms with Gasteiger partial charge in [0.1, 0.15) is 5.75 Å². The summed E-state index contributed by atoms with van der Waals surface area (Å²) in [6, 6.07) is 9.83. The zero-order valence-electron chi connectivity index (χ0n) is 17.3. The van der Waals surface area contributed by atoms with Crippen LogP contribution in [0.1, 0.15) is 63.4 Å². The van der Waals surface area contributed by atoms with Crippen molar-refractivity contribution in [1.29, 1.82) is 0 Å². The molecule has 28 heavy (non-hydrogen) atoms. The lowest BCUT2D eigenvalue weighted by Gasteiger charge is -2.39. The number of amides is 1. The van der Waals surface area contributed by atoms with Gasteiger partial charge in [0, 0.05) is 18.1 Å². The molecule has 2 bridgehead atoms. The van der Waals surface area contributed by atoms with Crippen molar-refractivity contribution in [3.05, 3.63) is 29.8 Å². The van der Waals surface area contributed by atoms with E-state index in [9.17, 15) is 4.79 Å². The van der Waals surface area contributed by atoms with Crippen LogP contribution in [0.15, 0.2) is 24.3 Å². The summed E-state index contributed by atoms with van der Waals surface area (Å²) in [5.74, 6) is 1.61. The maximum atomic E-state index is 12.4. The van der Waals surface area contributed by atoms with Crippen molar-refractivity contribution < 1.29 is 14.3 Å². The Kier molecular flexibility index (Phi) is 6.10. The third kappa shape index (κ3) is 3.86. The van der Waals surface area contributed by atoms with Crippen LogP contribution in [0.4, 0.5) is 4.79 Å². The number of nitrogens with zero attached hydrogens (tertiary/aromatic N) is 2. The fraction of sp³-hybridized carbons (Fsp3) is 0.696. The zero-order chi connectivity index (χ0) is 19.5. The molecule has 1 amide bonds.